The first-order chi connectivity index (χ1) is 9.49. The smallest absolute Gasteiger partial charge is 0.175 e. The Hall–Kier alpha value is -1.85. The average molecular weight is 291 g/mol. The van der Waals surface area contributed by atoms with Crippen molar-refractivity contribution in [2.45, 2.75) is 18.0 Å². The lowest BCUT2D eigenvalue weighted by Crippen LogP contribution is -2.00. The van der Waals surface area contributed by atoms with Gasteiger partial charge in [0.2, 0.25) is 0 Å². The van der Waals surface area contributed by atoms with Crippen LogP contribution in [0.15, 0.2) is 53.4 Å². The lowest BCUT2D eigenvalue weighted by atomic mass is 10.1. The molecule has 0 aliphatic heterocycles. The van der Waals surface area contributed by atoms with Gasteiger partial charge in [-0.2, -0.15) is 0 Å². The van der Waals surface area contributed by atoms with Crippen LogP contribution in [0.5, 0.6) is 5.75 Å². The van der Waals surface area contributed by atoms with E-state index >= 15 is 0 Å². The van der Waals surface area contributed by atoms with Crippen molar-refractivity contribution in [2.75, 3.05) is 6.26 Å². The fraction of sp³-hybridized carbons (Fsp3) is 0.200. The molecule has 0 heterocycles. The third kappa shape index (κ3) is 3.82. The summed E-state index contributed by atoms with van der Waals surface area (Å²) in [6, 6.07) is 14.3. The number of ether oxygens (including phenoxy) is 1. The molecule has 2 rings (SSSR count). The summed E-state index contributed by atoms with van der Waals surface area (Å²) in [6.07, 6.45) is 1.18. The predicted molar refractivity (Wildman–Crippen MR) is 78.2 cm³/mol. The first kappa shape index (κ1) is 14.6. The number of sulfone groups is 1. The van der Waals surface area contributed by atoms with Gasteiger partial charge in [-0.1, -0.05) is 30.3 Å². The lowest BCUT2D eigenvalue weighted by molar-refractivity contribution is 0.305. The van der Waals surface area contributed by atoms with E-state index in [4.69, 9.17) is 10.5 Å². The van der Waals surface area contributed by atoms with Crippen LogP contribution in [-0.2, 0) is 23.0 Å². The van der Waals surface area contributed by atoms with Crippen LogP contribution >= 0.6 is 0 Å². The fourth-order valence-electron chi connectivity index (χ4n) is 1.73. The molecule has 0 aliphatic carbocycles. The highest BCUT2D eigenvalue weighted by molar-refractivity contribution is 7.90. The molecule has 0 aromatic heterocycles. The summed E-state index contributed by atoms with van der Waals surface area (Å²) in [7, 11) is -3.21. The monoisotopic (exact) mass is 291 g/mol. The van der Waals surface area contributed by atoms with Crippen molar-refractivity contribution in [2.24, 2.45) is 5.73 Å². The van der Waals surface area contributed by atoms with Crippen molar-refractivity contribution < 1.29 is 13.2 Å². The third-order valence-corrected chi connectivity index (χ3v) is 4.01. The van der Waals surface area contributed by atoms with Crippen LogP contribution < -0.4 is 10.5 Å². The second-order valence-electron chi connectivity index (χ2n) is 4.56. The fourth-order valence-corrected chi connectivity index (χ4v) is 2.39. The molecule has 0 saturated carbocycles. The molecule has 0 amide bonds. The van der Waals surface area contributed by atoms with Gasteiger partial charge in [-0.15, -0.1) is 0 Å². The van der Waals surface area contributed by atoms with E-state index in [1.165, 1.54) is 12.3 Å². The Morgan fingerprint density at radius 1 is 1.05 bits per heavy atom. The Labute approximate surface area is 119 Å². The average Bonchev–Trinajstić information content (AvgIpc) is 2.45. The highest BCUT2D eigenvalue weighted by atomic mass is 32.2. The molecule has 2 N–H and O–H groups in total. The normalized spacial score (nSPS) is 11.3. The summed E-state index contributed by atoms with van der Waals surface area (Å²) in [5.74, 6) is 0.538. The van der Waals surface area contributed by atoms with Crippen molar-refractivity contribution in [1.29, 1.82) is 0 Å². The molecule has 4 nitrogen and oxygen atoms in total. The number of rotatable bonds is 5. The summed E-state index contributed by atoms with van der Waals surface area (Å²) in [5.41, 5.74) is 7.60. The zero-order valence-electron chi connectivity index (χ0n) is 11.2. The molecule has 0 bridgehead atoms. The highest BCUT2D eigenvalue weighted by Crippen LogP contribution is 2.18. The largest absolute Gasteiger partial charge is 0.489 e. The van der Waals surface area contributed by atoms with Gasteiger partial charge in [0.05, 0.1) is 4.90 Å². The second kappa shape index (κ2) is 6.07. The van der Waals surface area contributed by atoms with E-state index in [9.17, 15) is 8.42 Å². The Morgan fingerprint density at radius 3 is 2.30 bits per heavy atom. The van der Waals surface area contributed by atoms with Gasteiger partial charge in [-0.3, -0.25) is 0 Å². The van der Waals surface area contributed by atoms with E-state index in [2.05, 4.69) is 0 Å². The van der Waals surface area contributed by atoms with E-state index in [0.717, 1.165) is 11.1 Å². The summed E-state index contributed by atoms with van der Waals surface area (Å²) in [5, 5.41) is 0. The van der Waals surface area contributed by atoms with Crippen molar-refractivity contribution in [3.8, 4) is 5.75 Å². The summed E-state index contributed by atoms with van der Waals surface area (Å²) in [6.45, 7) is 0.898. The van der Waals surface area contributed by atoms with E-state index in [0.29, 0.717) is 18.9 Å². The minimum atomic E-state index is -3.21. The molecule has 0 radical (unpaired) electrons. The second-order valence-corrected chi connectivity index (χ2v) is 6.57. The Morgan fingerprint density at radius 2 is 1.70 bits per heavy atom. The standard InChI is InChI=1S/C15H17NO3S/c1-20(17,18)15-4-2-3-14(9-15)19-11-13-7-5-12(10-16)6-8-13/h2-9H,10-11,16H2,1H3. The topological polar surface area (TPSA) is 69.4 Å². The molecule has 2 aromatic carbocycles. The summed E-state index contributed by atoms with van der Waals surface area (Å²) in [4.78, 5) is 0.258. The molecule has 0 aliphatic rings. The first-order valence-electron chi connectivity index (χ1n) is 6.20. The van der Waals surface area contributed by atoms with E-state index in [1.807, 2.05) is 24.3 Å². The minimum Gasteiger partial charge on any atom is -0.489 e. The lowest BCUT2D eigenvalue weighted by Gasteiger charge is -2.08. The number of hydrogen-bond donors (Lipinski definition) is 1. The van der Waals surface area contributed by atoms with Crippen LogP contribution in [0.4, 0.5) is 0 Å². The SMILES string of the molecule is CS(=O)(=O)c1cccc(OCc2ccc(CN)cc2)c1. The first-order valence-corrected chi connectivity index (χ1v) is 8.09. The van der Waals surface area contributed by atoms with Gasteiger partial charge in [-0.25, -0.2) is 8.42 Å². The van der Waals surface area contributed by atoms with Crippen LogP contribution in [0.1, 0.15) is 11.1 Å². The number of hydrogen-bond acceptors (Lipinski definition) is 4. The molecule has 0 atom stereocenters. The molecule has 2 aromatic rings. The molecule has 0 fully saturated rings. The molecular weight excluding hydrogens is 274 g/mol. The van der Waals surface area contributed by atoms with Gasteiger partial charge >= 0.3 is 0 Å². The molecule has 20 heavy (non-hydrogen) atoms. The minimum absolute atomic E-state index is 0.258. The maximum atomic E-state index is 11.5. The maximum absolute atomic E-state index is 11.5. The summed E-state index contributed by atoms with van der Waals surface area (Å²) >= 11 is 0. The van der Waals surface area contributed by atoms with Crippen molar-refractivity contribution in [1.82, 2.24) is 0 Å². The van der Waals surface area contributed by atoms with E-state index in [1.54, 1.807) is 18.2 Å². The van der Waals surface area contributed by atoms with E-state index < -0.39 is 9.84 Å². The molecule has 0 unspecified atom stereocenters. The number of nitrogens with two attached hydrogens (primary N) is 1. The highest BCUT2D eigenvalue weighted by Gasteiger charge is 2.07. The quantitative estimate of drug-likeness (QED) is 0.916. The van der Waals surface area contributed by atoms with Crippen molar-refractivity contribution in [3.05, 3.63) is 59.7 Å². The van der Waals surface area contributed by atoms with Crippen LogP contribution in [0.2, 0.25) is 0 Å². The Kier molecular flexibility index (Phi) is 4.42. The van der Waals surface area contributed by atoms with Crippen LogP contribution in [0.25, 0.3) is 0 Å². The Bertz CT molecular complexity index is 679. The zero-order valence-corrected chi connectivity index (χ0v) is 12.1. The molecular formula is C15H17NO3S. The zero-order chi connectivity index (χ0) is 14.6. The maximum Gasteiger partial charge on any atom is 0.175 e. The third-order valence-electron chi connectivity index (χ3n) is 2.90. The number of benzene rings is 2. The van der Waals surface area contributed by atoms with Crippen LogP contribution in [0, 0.1) is 0 Å². The van der Waals surface area contributed by atoms with Gasteiger partial charge < -0.3 is 10.5 Å². The van der Waals surface area contributed by atoms with E-state index in [-0.39, 0.29) is 4.90 Å². The molecule has 0 saturated heterocycles. The summed E-state index contributed by atoms with van der Waals surface area (Å²) < 4.78 is 28.5. The van der Waals surface area contributed by atoms with Gasteiger partial charge in [0.25, 0.3) is 0 Å². The van der Waals surface area contributed by atoms with Crippen LogP contribution in [0.3, 0.4) is 0 Å². The molecule has 5 heteroatoms. The van der Waals surface area contributed by atoms with Gasteiger partial charge in [-0.05, 0) is 29.3 Å². The molecule has 0 spiro atoms. The Balaban J connectivity index is 2.07. The molecule has 106 valence electrons. The van der Waals surface area contributed by atoms with Crippen molar-refractivity contribution >= 4 is 9.84 Å². The predicted octanol–water partition coefficient (Wildman–Crippen LogP) is 2.13. The van der Waals surface area contributed by atoms with Crippen LogP contribution in [-0.4, -0.2) is 14.7 Å². The van der Waals surface area contributed by atoms with Crippen molar-refractivity contribution in [3.63, 3.8) is 0 Å². The van der Waals surface area contributed by atoms with Gasteiger partial charge in [0, 0.05) is 12.8 Å². The van der Waals surface area contributed by atoms with Gasteiger partial charge in [0.15, 0.2) is 9.84 Å². The van der Waals surface area contributed by atoms with Gasteiger partial charge in [0.1, 0.15) is 12.4 Å².